The van der Waals surface area contributed by atoms with Crippen LogP contribution in [0.3, 0.4) is 0 Å². The molecule has 0 amide bonds. The summed E-state index contributed by atoms with van der Waals surface area (Å²) in [4.78, 5) is 0. The first-order valence-corrected chi connectivity index (χ1v) is 9.89. The minimum absolute atomic E-state index is 1.10. The molecular formula is C28H21N. The average molecular weight is 371 g/mol. The highest BCUT2D eigenvalue weighted by molar-refractivity contribution is 6.00. The molecule has 5 aromatic carbocycles. The van der Waals surface area contributed by atoms with Gasteiger partial charge < -0.3 is 5.32 Å². The lowest BCUT2D eigenvalue weighted by Gasteiger charge is -2.17. The molecule has 0 aliphatic rings. The molecule has 0 aliphatic carbocycles. The van der Waals surface area contributed by atoms with E-state index >= 15 is 0 Å². The first-order valence-electron chi connectivity index (χ1n) is 9.89. The summed E-state index contributed by atoms with van der Waals surface area (Å²) >= 11 is 0. The molecule has 0 unspecified atom stereocenters. The molecule has 138 valence electrons. The summed E-state index contributed by atoms with van der Waals surface area (Å²) < 4.78 is 0. The van der Waals surface area contributed by atoms with Gasteiger partial charge in [0, 0.05) is 22.5 Å². The van der Waals surface area contributed by atoms with Crippen LogP contribution in [0.1, 0.15) is 0 Å². The summed E-state index contributed by atoms with van der Waals surface area (Å²) in [6.07, 6.45) is 0. The largest absolute Gasteiger partial charge is 0.355 e. The number of hydrogen-bond donors (Lipinski definition) is 1. The molecule has 29 heavy (non-hydrogen) atoms. The van der Waals surface area contributed by atoms with E-state index < -0.39 is 0 Å². The van der Waals surface area contributed by atoms with E-state index in [1.807, 2.05) is 0 Å². The molecule has 1 nitrogen and oxygen atoms in total. The van der Waals surface area contributed by atoms with Crippen LogP contribution in [0.4, 0.5) is 11.4 Å². The van der Waals surface area contributed by atoms with Gasteiger partial charge >= 0.3 is 0 Å². The summed E-state index contributed by atoms with van der Waals surface area (Å²) in [5.41, 5.74) is 7.05. The van der Waals surface area contributed by atoms with Crippen molar-refractivity contribution in [3.63, 3.8) is 0 Å². The van der Waals surface area contributed by atoms with Crippen molar-refractivity contribution in [3.05, 3.63) is 121 Å². The number of fused-ring (bicyclic) bond motifs is 1. The van der Waals surface area contributed by atoms with Crippen molar-refractivity contribution >= 4 is 22.1 Å². The molecule has 0 fully saturated rings. The van der Waals surface area contributed by atoms with Gasteiger partial charge in [0.1, 0.15) is 0 Å². The maximum absolute atomic E-state index is 3.70. The van der Waals surface area contributed by atoms with Crippen LogP contribution in [0.2, 0.25) is 0 Å². The Bertz CT molecular complexity index is 1270. The van der Waals surface area contributed by atoms with E-state index in [-0.39, 0.29) is 0 Å². The molecule has 1 heteroatoms. The molecule has 5 aromatic rings. The van der Waals surface area contributed by atoms with E-state index in [0.29, 0.717) is 0 Å². The number of hydrogen-bond acceptors (Lipinski definition) is 1. The van der Waals surface area contributed by atoms with E-state index in [4.69, 9.17) is 0 Å². The third-order valence-electron chi connectivity index (χ3n) is 5.29. The number of nitrogens with one attached hydrogen (secondary N) is 1. The highest BCUT2D eigenvalue weighted by Gasteiger charge is 2.10. The topological polar surface area (TPSA) is 12.0 Å². The monoisotopic (exact) mass is 371 g/mol. The zero-order valence-electron chi connectivity index (χ0n) is 16.0. The van der Waals surface area contributed by atoms with Gasteiger partial charge in [0.25, 0.3) is 0 Å². The van der Waals surface area contributed by atoms with Crippen molar-refractivity contribution in [3.8, 4) is 22.3 Å². The number of benzene rings is 5. The lowest BCUT2D eigenvalue weighted by atomic mass is 9.96. The first-order chi connectivity index (χ1) is 14.4. The quantitative estimate of drug-likeness (QED) is 0.338. The van der Waals surface area contributed by atoms with Crippen molar-refractivity contribution in [2.45, 2.75) is 0 Å². The second kappa shape index (κ2) is 7.65. The minimum atomic E-state index is 1.10. The molecule has 0 aromatic heterocycles. The lowest BCUT2D eigenvalue weighted by Crippen LogP contribution is -1.96. The van der Waals surface area contributed by atoms with Crippen LogP contribution in [0.25, 0.3) is 33.0 Å². The summed E-state index contributed by atoms with van der Waals surface area (Å²) in [6, 6.07) is 42.6. The lowest BCUT2D eigenvalue weighted by molar-refractivity contribution is 1.53. The highest BCUT2D eigenvalue weighted by atomic mass is 14.9. The molecule has 0 saturated heterocycles. The first kappa shape index (κ1) is 17.3. The van der Waals surface area contributed by atoms with Gasteiger partial charge in [0.05, 0.1) is 0 Å². The van der Waals surface area contributed by atoms with Gasteiger partial charge in [-0.15, -0.1) is 0 Å². The molecular weight excluding hydrogens is 350 g/mol. The predicted octanol–water partition coefficient (Wildman–Crippen LogP) is 7.92. The Hall–Kier alpha value is -3.84. The van der Waals surface area contributed by atoms with Gasteiger partial charge in [-0.1, -0.05) is 109 Å². The van der Waals surface area contributed by atoms with Crippen molar-refractivity contribution in [1.29, 1.82) is 0 Å². The maximum atomic E-state index is 3.70. The summed E-state index contributed by atoms with van der Waals surface area (Å²) in [6.45, 7) is 0. The smallest absolute Gasteiger partial charge is 0.0464 e. The zero-order valence-corrected chi connectivity index (χ0v) is 16.0. The van der Waals surface area contributed by atoms with Crippen molar-refractivity contribution < 1.29 is 0 Å². The normalized spacial score (nSPS) is 10.8. The molecule has 0 spiro atoms. The third-order valence-corrected chi connectivity index (χ3v) is 5.29. The predicted molar refractivity (Wildman–Crippen MR) is 125 cm³/mol. The number of rotatable bonds is 4. The van der Waals surface area contributed by atoms with Crippen LogP contribution in [-0.2, 0) is 0 Å². The van der Waals surface area contributed by atoms with Crippen LogP contribution >= 0.6 is 0 Å². The molecule has 0 radical (unpaired) electrons. The Kier molecular flexibility index (Phi) is 4.56. The fourth-order valence-corrected chi connectivity index (χ4v) is 3.89. The second-order valence-electron chi connectivity index (χ2n) is 7.11. The fourth-order valence-electron chi connectivity index (χ4n) is 3.89. The van der Waals surface area contributed by atoms with Crippen molar-refractivity contribution in [1.82, 2.24) is 0 Å². The Morgan fingerprint density at radius 1 is 0.379 bits per heavy atom. The van der Waals surface area contributed by atoms with Crippen molar-refractivity contribution in [2.75, 3.05) is 5.32 Å². The van der Waals surface area contributed by atoms with Gasteiger partial charge in [-0.2, -0.15) is 0 Å². The Morgan fingerprint density at radius 3 is 1.76 bits per heavy atom. The van der Waals surface area contributed by atoms with Crippen LogP contribution in [0.15, 0.2) is 121 Å². The Morgan fingerprint density at radius 2 is 0.931 bits per heavy atom. The maximum Gasteiger partial charge on any atom is 0.0464 e. The van der Waals surface area contributed by atoms with Crippen LogP contribution in [-0.4, -0.2) is 0 Å². The molecule has 0 atom stereocenters. The van der Waals surface area contributed by atoms with Gasteiger partial charge in [-0.05, 0) is 34.0 Å². The summed E-state index contributed by atoms with van der Waals surface area (Å²) in [7, 11) is 0. The Labute approximate surface area is 171 Å². The number of para-hydroxylation sites is 2. The van der Waals surface area contributed by atoms with E-state index in [1.165, 1.54) is 33.0 Å². The van der Waals surface area contributed by atoms with Crippen LogP contribution < -0.4 is 5.32 Å². The standard InChI is InChI=1S/C28H21N/c1-2-11-22(12-3-1)24-16-6-8-19-27(24)29-28-20-9-7-17-26(28)25-18-10-14-21-13-4-5-15-23(21)25/h1-20,29H. The van der Waals surface area contributed by atoms with Crippen LogP contribution in [0, 0.1) is 0 Å². The highest BCUT2D eigenvalue weighted by Crippen LogP contribution is 2.37. The van der Waals surface area contributed by atoms with E-state index in [0.717, 1.165) is 11.4 Å². The van der Waals surface area contributed by atoms with Gasteiger partial charge in [0.2, 0.25) is 0 Å². The van der Waals surface area contributed by atoms with E-state index in [9.17, 15) is 0 Å². The summed E-state index contributed by atoms with van der Waals surface area (Å²) in [5.74, 6) is 0. The van der Waals surface area contributed by atoms with Gasteiger partial charge in [-0.25, -0.2) is 0 Å². The van der Waals surface area contributed by atoms with Gasteiger partial charge in [-0.3, -0.25) is 0 Å². The minimum Gasteiger partial charge on any atom is -0.355 e. The van der Waals surface area contributed by atoms with Gasteiger partial charge in [0.15, 0.2) is 0 Å². The van der Waals surface area contributed by atoms with Crippen LogP contribution in [0.5, 0.6) is 0 Å². The van der Waals surface area contributed by atoms with E-state index in [2.05, 4.69) is 127 Å². The van der Waals surface area contributed by atoms with E-state index in [1.54, 1.807) is 0 Å². The third kappa shape index (κ3) is 3.39. The summed E-state index contributed by atoms with van der Waals surface area (Å²) in [5, 5.41) is 6.22. The molecule has 1 N–H and O–H groups in total. The van der Waals surface area contributed by atoms with Crippen molar-refractivity contribution in [2.24, 2.45) is 0 Å². The molecule has 0 saturated carbocycles. The molecule has 0 bridgehead atoms. The molecule has 5 rings (SSSR count). The number of anilines is 2. The SMILES string of the molecule is c1ccc(-c2ccccc2Nc2ccccc2-c2cccc3ccccc23)cc1. The zero-order chi connectivity index (χ0) is 19.5. The Balaban J connectivity index is 1.62. The fraction of sp³-hybridized carbons (Fsp3) is 0. The molecule has 0 heterocycles. The molecule has 0 aliphatic heterocycles. The second-order valence-corrected chi connectivity index (χ2v) is 7.11. The average Bonchev–Trinajstić information content (AvgIpc) is 2.80.